The summed E-state index contributed by atoms with van der Waals surface area (Å²) < 4.78 is 0. The molecule has 0 saturated carbocycles. The first kappa shape index (κ1) is 12.0. The molecule has 1 unspecified atom stereocenters. The predicted octanol–water partition coefficient (Wildman–Crippen LogP) is 4.70. The number of benzene rings is 1. The molecule has 0 radical (unpaired) electrons. The Hall–Kier alpha value is -1.04. The summed E-state index contributed by atoms with van der Waals surface area (Å²) in [4.78, 5) is 0. The second-order valence-electron chi connectivity index (χ2n) is 4.07. The lowest BCUT2D eigenvalue weighted by atomic mass is 9.81. The van der Waals surface area contributed by atoms with E-state index in [1.807, 2.05) is 13.8 Å². The van der Waals surface area contributed by atoms with Gasteiger partial charge in [0.2, 0.25) is 0 Å². The Morgan fingerprint density at radius 3 is 2.33 bits per heavy atom. The normalized spacial score (nSPS) is 19.1. The Balaban J connectivity index is 0.000000531. The van der Waals surface area contributed by atoms with E-state index in [2.05, 4.69) is 45.0 Å². The first-order chi connectivity index (χ1) is 7.20. The van der Waals surface area contributed by atoms with Crippen LogP contribution in [0.4, 0.5) is 0 Å². The second kappa shape index (κ2) is 5.16. The Bertz CT molecular complexity index is 358. The van der Waals surface area contributed by atoms with Gasteiger partial charge in [0.1, 0.15) is 0 Å². The molecule has 0 saturated heterocycles. The molecule has 0 heteroatoms. The highest BCUT2D eigenvalue weighted by molar-refractivity contribution is 5.71. The highest BCUT2D eigenvalue weighted by Crippen LogP contribution is 2.33. The molecule has 0 N–H and O–H groups in total. The van der Waals surface area contributed by atoms with Gasteiger partial charge in [-0.1, -0.05) is 50.6 Å². The van der Waals surface area contributed by atoms with Gasteiger partial charge >= 0.3 is 0 Å². The third-order valence-electron chi connectivity index (χ3n) is 3.28. The summed E-state index contributed by atoms with van der Waals surface area (Å²) in [6.07, 6.45) is 1.21. The average molecular weight is 202 g/mol. The third kappa shape index (κ3) is 2.31. The highest BCUT2D eigenvalue weighted by atomic mass is 14.2. The average Bonchev–Trinajstić information content (AvgIpc) is 2.29. The summed E-state index contributed by atoms with van der Waals surface area (Å²) in [5, 5.41) is 0. The van der Waals surface area contributed by atoms with Crippen LogP contribution in [-0.4, -0.2) is 0 Å². The zero-order valence-electron chi connectivity index (χ0n) is 10.6. The number of hydrogen-bond acceptors (Lipinski definition) is 0. The summed E-state index contributed by atoms with van der Waals surface area (Å²) in [5.41, 5.74) is 6.00. The standard InChI is InChI=1S/C13H16.C2H6/c1-9-8-12-6-4-5-7-13(12)11(3)10(9)2;1-2/h4-7,9H,8H2,1-3H3;1-2H3. The molecule has 1 aliphatic rings. The van der Waals surface area contributed by atoms with Crippen molar-refractivity contribution in [2.45, 2.75) is 41.0 Å². The maximum absolute atomic E-state index is 2.31. The Kier molecular flexibility index (Phi) is 4.14. The maximum Gasteiger partial charge on any atom is -0.0188 e. The summed E-state index contributed by atoms with van der Waals surface area (Å²) in [6.45, 7) is 10.8. The van der Waals surface area contributed by atoms with Gasteiger partial charge in [0.25, 0.3) is 0 Å². The number of fused-ring (bicyclic) bond motifs is 1. The largest absolute Gasteiger partial charge is 0.0683 e. The lowest BCUT2D eigenvalue weighted by molar-refractivity contribution is 0.667. The fraction of sp³-hybridized carbons (Fsp3) is 0.467. The van der Waals surface area contributed by atoms with Crippen molar-refractivity contribution in [1.82, 2.24) is 0 Å². The van der Waals surface area contributed by atoms with Crippen LogP contribution in [0.15, 0.2) is 29.8 Å². The van der Waals surface area contributed by atoms with E-state index in [-0.39, 0.29) is 0 Å². The van der Waals surface area contributed by atoms with Crippen molar-refractivity contribution in [2.75, 3.05) is 0 Å². The zero-order valence-corrected chi connectivity index (χ0v) is 10.6. The monoisotopic (exact) mass is 202 g/mol. The number of hydrogen-bond donors (Lipinski definition) is 0. The van der Waals surface area contributed by atoms with E-state index < -0.39 is 0 Å². The molecule has 82 valence electrons. The molecule has 1 aromatic carbocycles. The molecule has 15 heavy (non-hydrogen) atoms. The van der Waals surface area contributed by atoms with Crippen molar-refractivity contribution in [2.24, 2.45) is 5.92 Å². The van der Waals surface area contributed by atoms with E-state index in [1.165, 1.54) is 23.1 Å². The molecule has 0 aromatic heterocycles. The molecule has 0 spiro atoms. The van der Waals surface area contributed by atoms with Crippen molar-refractivity contribution >= 4 is 5.57 Å². The lowest BCUT2D eigenvalue weighted by Crippen LogP contribution is -2.10. The van der Waals surface area contributed by atoms with Crippen LogP contribution in [0.1, 0.15) is 45.7 Å². The van der Waals surface area contributed by atoms with E-state index in [0.29, 0.717) is 0 Å². The van der Waals surface area contributed by atoms with Crippen molar-refractivity contribution in [3.05, 3.63) is 41.0 Å². The zero-order chi connectivity index (χ0) is 11.4. The van der Waals surface area contributed by atoms with Crippen LogP contribution in [0.2, 0.25) is 0 Å². The first-order valence-corrected chi connectivity index (χ1v) is 5.96. The Labute approximate surface area is 94.0 Å². The predicted molar refractivity (Wildman–Crippen MR) is 68.9 cm³/mol. The topological polar surface area (TPSA) is 0 Å². The molecule has 0 heterocycles. The highest BCUT2D eigenvalue weighted by Gasteiger charge is 2.17. The summed E-state index contributed by atoms with van der Waals surface area (Å²) in [5.74, 6) is 0.717. The molecule has 1 aromatic rings. The van der Waals surface area contributed by atoms with E-state index in [1.54, 1.807) is 5.57 Å². The van der Waals surface area contributed by atoms with Crippen LogP contribution in [0.3, 0.4) is 0 Å². The first-order valence-electron chi connectivity index (χ1n) is 5.96. The second-order valence-corrected chi connectivity index (χ2v) is 4.07. The van der Waals surface area contributed by atoms with Gasteiger partial charge in [0.15, 0.2) is 0 Å². The molecule has 0 amide bonds. The lowest BCUT2D eigenvalue weighted by Gasteiger charge is -2.24. The van der Waals surface area contributed by atoms with Crippen LogP contribution in [0.5, 0.6) is 0 Å². The fourth-order valence-electron chi connectivity index (χ4n) is 2.13. The minimum absolute atomic E-state index is 0.717. The van der Waals surface area contributed by atoms with Crippen LogP contribution < -0.4 is 0 Å². The molecule has 0 bridgehead atoms. The van der Waals surface area contributed by atoms with Gasteiger partial charge < -0.3 is 0 Å². The van der Waals surface area contributed by atoms with Crippen LogP contribution in [0.25, 0.3) is 5.57 Å². The summed E-state index contributed by atoms with van der Waals surface area (Å²) in [7, 11) is 0. The van der Waals surface area contributed by atoms with Crippen molar-refractivity contribution in [3.8, 4) is 0 Å². The fourth-order valence-corrected chi connectivity index (χ4v) is 2.13. The molecule has 0 nitrogen and oxygen atoms in total. The van der Waals surface area contributed by atoms with Gasteiger partial charge in [-0.2, -0.15) is 0 Å². The molecular weight excluding hydrogens is 180 g/mol. The van der Waals surface area contributed by atoms with E-state index >= 15 is 0 Å². The van der Waals surface area contributed by atoms with Crippen molar-refractivity contribution < 1.29 is 0 Å². The van der Waals surface area contributed by atoms with E-state index in [0.717, 1.165) is 5.92 Å². The van der Waals surface area contributed by atoms with Crippen LogP contribution >= 0.6 is 0 Å². The van der Waals surface area contributed by atoms with Crippen LogP contribution in [0, 0.1) is 5.92 Å². The van der Waals surface area contributed by atoms with Gasteiger partial charge in [-0.3, -0.25) is 0 Å². The number of allylic oxidation sites excluding steroid dienone is 2. The van der Waals surface area contributed by atoms with Gasteiger partial charge in [0.05, 0.1) is 0 Å². The molecule has 1 atom stereocenters. The molecule has 1 aliphatic carbocycles. The summed E-state index contributed by atoms with van der Waals surface area (Å²) in [6, 6.07) is 8.76. The van der Waals surface area contributed by atoms with E-state index in [9.17, 15) is 0 Å². The van der Waals surface area contributed by atoms with Gasteiger partial charge in [-0.25, -0.2) is 0 Å². The Morgan fingerprint density at radius 2 is 1.67 bits per heavy atom. The molecule has 2 rings (SSSR count). The van der Waals surface area contributed by atoms with Crippen molar-refractivity contribution in [1.29, 1.82) is 0 Å². The number of rotatable bonds is 0. The third-order valence-corrected chi connectivity index (χ3v) is 3.28. The molecule has 0 fully saturated rings. The Morgan fingerprint density at radius 1 is 1.07 bits per heavy atom. The minimum atomic E-state index is 0.717. The van der Waals surface area contributed by atoms with Gasteiger partial charge in [-0.15, -0.1) is 0 Å². The SMILES string of the molecule is CC.CC1=C(C)C(C)Cc2ccccc21. The maximum atomic E-state index is 2.31. The van der Waals surface area contributed by atoms with E-state index in [4.69, 9.17) is 0 Å². The molecular formula is C15H22. The van der Waals surface area contributed by atoms with Gasteiger partial charge in [-0.05, 0) is 42.9 Å². The summed E-state index contributed by atoms with van der Waals surface area (Å²) >= 11 is 0. The van der Waals surface area contributed by atoms with Crippen molar-refractivity contribution in [3.63, 3.8) is 0 Å². The molecule has 0 aliphatic heterocycles. The smallest absolute Gasteiger partial charge is 0.0188 e. The minimum Gasteiger partial charge on any atom is -0.0683 e. The van der Waals surface area contributed by atoms with Gasteiger partial charge in [0, 0.05) is 0 Å². The van der Waals surface area contributed by atoms with Crippen LogP contribution in [-0.2, 0) is 6.42 Å². The quantitative estimate of drug-likeness (QED) is 0.572.